The van der Waals surface area contributed by atoms with E-state index in [2.05, 4.69) is 10.2 Å². The van der Waals surface area contributed by atoms with Gasteiger partial charge in [-0.3, -0.25) is 0 Å². The van der Waals surface area contributed by atoms with Crippen molar-refractivity contribution in [3.63, 3.8) is 0 Å². The molecule has 46 valence electrons. The van der Waals surface area contributed by atoms with E-state index in [1.165, 1.54) is 12.8 Å². The summed E-state index contributed by atoms with van der Waals surface area (Å²) in [4.78, 5) is 0. The molecule has 1 spiro atoms. The van der Waals surface area contributed by atoms with E-state index in [0.717, 1.165) is 23.7 Å². The fourth-order valence-electron chi connectivity index (χ4n) is 3.44. The van der Waals surface area contributed by atoms with Gasteiger partial charge in [-0.15, -0.1) is 0 Å². The Morgan fingerprint density at radius 3 is 2.00 bits per heavy atom. The van der Waals surface area contributed by atoms with Crippen molar-refractivity contribution in [1.29, 1.82) is 0 Å². The second-order valence-corrected chi connectivity index (χ2v) is 4.00. The van der Waals surface area contributed by atoms with Gasteiger partial charge in [-0.1, -0.05) is 0 Å². The number of rotatable bonds is 0. The Labute approximate surface area is 53.4 Å². The Bertz CT molecular complexity index is 211. The SMILES string of the molecule is C1C2C3CC1C1(N=N1)C23. The molecule has 1 aliphatic heterocycles. The molecule has 0 aromatic rings. The molecule has 4 bridgehead atoms. The molecule has 2 atom stereocenters. The van der Waals surface area contributed by atoms with Crippen LogP contribution in [-0.2, 0) is 0 Å². The van der Waals surface area contributed by atoms with Gasteiger partial charge >= 0.3 is 0 Å². The Morgan fingerprint density at radius 2 is 1.78 bits per heavy atom. The number of hydrogen-bond donors (Lipinski definition) is 0. The molecule has 5 aliphatic rings. The Kier molecular flexibility index (Phi) is 0.291. The zero-order chi connectivity index (χ0) is 5.64. The molecule has 0 N–H and O–H groups in total. The topological polar surface area (TPSA) is 24.7 Å². The lowest BCUT2D eigenvalue weighted by Crippen LogP contribution is -2.14. The summed E-state index contributed by atoms with van der Waals surface area (Å²) in [7, 11) is 0. The maximum atomic E-state index is 4.20. The summed E-state index contributed by atoms with van der Waals surface area (Å²) in [6.45, 7) is 0. The van der Waals surface area contributed by atoms with Crippen LogP contribution >= 0.6 is 0 Å². The van der Waals surface area contributed by atoms with Gasteiger partial charge < -0.3 is 0 Å². The fraction of sp³-hybridized carbons (Fsp3) is 1.00. The molecule has 0 amide bonds. The minimum absolute atomic E-state index is 0.259. The molecule has 4 fully saturated rings. The van der Waals surface area contributed by atoms with Gasteiger partial charge in [0, 0.05) is 11.8 Å². The van der Waals surface area contributed by atoms with Crippen molar-refractivity contribution in [2.75, 3.05) is 0 Å². The molecule has 0 aromatic carbocycles. The molecular formula is C7H8N2. The zero-order valence-corrected chi connectivity index (χ0v) is 5.12. The van der Waals surface area contributed by atoms with Gasteiger partial charge in [0.25, 0.3) is 0 Å². The van der Waals surface area contributed by atoms with Crippen molar-refractivity contribution in [3.05, 3.63) is 0 Å². The lowest BCUT2D eigenvalue weighted by molar-refractivity contribution is 0.464. The van der Waals surface area contributed by atoms with Crippen LogP contribution in [0.15, 0.2) is 10.2 Å². The van der Waals surface area contributed by atoms with E-state index in [4.69, 9.17) is 0 Å². The van der Waals surface area contributed by atoms with Gasteiger partial charge in [0.2, 0.25) is 0 Å². The third-order valence-electron chi connectivity index (χ3n) is 3.87. The standard InChI is InChI=1S/C7H8N2/c1-3-2-5-4(1)6(5)7(3)8-9-7/h3-6H,1-2H2. The number of nitrogens with zero attached hydrogens (tertiary/aromatic N) is 2. The molecule has 2 unspecified atom stereocenters. The largest absolute Gasteiger partial charge is 0.197 e. The molecular weight excluding hydrogens is 112 g/mol. The molecule has 0 radical (unpaired) electrons. The highest BCUT2D eigenvalue weighted by molar-refractivity contribution is 5.29. The summed E-state index contributed by atoms with van der Waals surface area (Å²) >= 11 is 0. The van der Waals surface area contributed by atoms with Gasteiger partial charge in [0.15, 0.2) is 5.66 Å². The monoisotopic (exact) mass is 120 g/mol. The van der Waals surface area contributed by atoms with E-state index in [1.807, 2.05) is 0 Å². The van der Waals surface area contributed by atoms with Gasteiger partial charge in [-0.25, -0.2) is 0 Å². The van der Waals surface area contributed by atoms with E-state index in [0.29, 0.717) is 0 Å². The first-order valence-corrected chi connectivity index (χ1v) is 3.86. The van der Waals surface area contributed by atoms with Gasteiger partial charge in [0.1, 0.15) is 0 Å². The van der Waals surface area contributed by atoms with Crippen LogP contribution in [0.1, 0.15) is 12.8 Å². The normalized spacial score (nSPS) is 67.6. The maximum Gasteiger partial charge on any atom is 0.197 e. The van der Waals surface area contributed by atoms with Crippen molar-refractivity contribution in [3.8, 4) is 0 Å². The molecule has 2 nitrogen and oxygen atoms in total. The lowest BCUT2D eigenvalue weighted by Gasteiger charge is -2.03. The summed E-state index contributed by atoms with van der Waals surface area (Å²) in [5, 5.41) is 8.41. The zero-order valence-electron chi connectivity index (χ0n) is 5.12. The average molecular weight is 120 g/mol. The minimum atomic E-state index is 0.259. The van der Waals surface area contributed by atoms with Crippen LogP contribution in [0.5, 0.6) is 0 Å². The van der Waals surface area contributed by atoms with E-state index in [1.54, 1.807) is 0 Å². The summed E-state index contributed by atoms with van der Waals surface area (Å²) < 4.78 is 0. The van der Waals surface area contributed by atoms with E-state index in [9.17, 15) is 0 Å². The van der Waals surface area contributed by atoms with Crippen molar-refractivity contribution in [1.82, 2.24) is 0 Å². The van der Waals surface area contributed by atoms with Crippen LogP contribution in [0.25, 0.3) is 0 Å². The second kappa shape index (κ2) is 0.710. The summed E-state index contributed by atoms with van der Waals surface area (Å²) in [5.41, 5.74) is 0.259. The smallest absolute Gasteiger partial charge is 0.158 e. The summed E-state index contributed by atoms with van der Waals surface area (Å²) in [6.07, 6.45) is 2.92. The molecule has 4 aliphatic carbocycles. The quantitative estimate of drug-likeness (QED) is 0.462. The van der Waals surface area contributed by atoms with Gasteiger partial charge in [0.05, 0.1) is 0 Å². The lowest BCUT2D eigenvalue weighted by atomic mass is 10.0. The van der Waals surface area contributed by atoms with Crippen molar-refractivity contribution < 1.29 is 0 Å². The molecule has 4 saturated carbocycles. The highest BCUT2D eigenvalue weighted by Gasteiger charge is 2.80. The molecule has 0 saturated heterocycles. The van der Waals surface area contributed by atoms with Gasteiger partial charge in [-0.2, -0.15) is 10.2 Å². The van der Waals surface area contributed by atoms with Crippen LogP contribution in [0.3, 0.4) is 0 Å². The Balaban J connectivity index is 2.00. The van der Waals surface area contributed by atoms with E-state index >= 15 is 0 Å². The first kappa shape index (κ1) is 3.69. The number of hydrogen-bond acceptors (Lipinski definition) is 2. The van der Waals surface area contributed by atoms with Crippen LogP contribution < -0.4 is 0 Å². The predicted molar refractivity (Wildman–Crippen MR) is 30.8 cm³/mol. The van der Waals surface area contributed by atoms with Gasteiger partial charge in [-0.05, 0) is 24.7 Å². The van der Waals surface area contributed by atoms with Crippen molar-refractivity contribution in [2.24, 2.45) is 33.9 Å². The molecule has 0 aromatic heterocycles. The van der Waals surface area contributed by atoms with Crippen LogP contribution in [0, 0.1) is 23.7 Å². The fourth-order valence-corrected chi connectivity index (χ4v) is 3.44. The molecule has 1 heterocycles. The maximum absolute atomic E-state index is 4.20. The van der Waals surface area contributed by atoms with Crippen molar-refractivity contribution in [2.45, 2.75) is 18.5 Å². The van der Waals surface area contributed by atoms with Crippen LogP contribution in [-0.4, -0.2) is 5.66 Å². The van der Waals surface area contributed by atoms with Crippen LogP contribution in [0.4, 0.5) is 0 Å². The summed E-state index contributed by atoms with van der Waals surface area (Å²) in [6, 6.07) is 0. The highest BCUT2D eigenvalue weighted by Crippen LogP contribution is 2.79. The molecule has 2 heteroatoms. The van der Waals surface area contributed by atoms with E-state index < -0.39 is 0 Å². The predicted octanol–water partition coefficient (Wildman–Crippen LogP) is 1.43. The Hall–Kier alpha value is -0.400. The Morgan fingerprint density at radius 1 is 1.11 bits per heavy atom. The highest BCUT2D eigenvalue weighted by atomic mass is 15.5. The average Bonchev–Trinajstić information content (AvgIpc) is 2.59. The molecule has 9 heavy (non-hydrogen) atoms. The van der Waals surface area contributed by atoms with Crippen molar-refractivity contribution >= 4 is 0 Å². The third-order valence-corrected chi connectivity index (χ3v) is 3.87. The molecule has 5 rings (SSSR count). The first-order chi connectivity index (χ1) is 4.42. The third kappa shape index (κ3) is 0.199. The second-order valence-electron chi connectivity index (χ2n) is 4.00. The minimum Gasteiger partial charge on any atom is -0.158 e. The first-order valence-electron chi connectivity index (χ1n) is 3.86. The van der Waals surface area contributed by atoms with E-state index in [-0.39, 0.29) is 5.66 Å². The van der Waals surface area contributed by atoms with Crippen LogP contribution in [0.2, 0.25) is 0 Å². The summed E-state index contributed by atoms with van der Waals surface area (Å²) in [5.74, 6) is 4.00.